The highest BCUT2D eigenvalue weighted by molar-refractivity contribution is 6.32. The van der Waals surface area contributed by atoms with Gasteiger partial charge in [-0.25, -0.2) is 4.98 Å². The normalized spacial score (nSPS) is 11.5. The standard InChI is InChI=1S/C7H4Cl2F3NO/c8-3-4-5(9)1-2-13-6(4)14-7(10,11)12/h1-2H,3H2. The highest BCUT2D eigenvalue weighted by Gasteiger charge is 2.33. The Morgan fingerprint density at radius 1 is 1.43 bits per heavy atom. The molecule has 1 aromatic heterocycles. The van der Waals surface area contributed by atoms with Gasteiger partial charge in [0.2, 0.25) is 5.88 Å². The van der Waals surface area contributed by atoms with Gasteiger partial charge in [0.15, 0.2) is 0 Å². The summed E-state index contributed by atoms with van der Waals surface area (Å²) in [5.41, 5.74) is 0.0214. The van der Waals surface area contributed by atoms with E-state index in [0.717, 1.165) is 6.20 Å². The lowest BCUT2D eigenvalue weighted by molar-refractivity contribution is -0.276. The second kappa shape index (κ2) is 4.23. The third-order valence-corrected chi connectivity index (χ3v) is 1.93. The first-order valence-electron chi connectivity index (χ1n) is 3.39. The Kier molecular flexibility index (Phi) is 3.44. The van der Waals surface area contributed by atoms with Crippen molar-refractivity contribution < 1.29 is 17.9 Å². The molecule has 1 rings (SSSR count). The van der Waals surface area contributed by atoms with Crippen LogP contribution in [0.15, 0.2) is 12.3 Å². The Balaban J connectivity index is 3.02. The maximum absolute atomic E-state index is 11.8. The molecule has 0 fully saturated rings. The molecular formula is C7H4Cl2F3NO. The summed E-state index contributed by atoms with van der Waals surface area (Å²) in [5, 5.41) is 0.0919. The summed E-state index contributed by atoms with van der Waals surface area (Å²) in [6.45, 7) is 0. The van der Waals surface area contributed by atoms with Crippen LogP contribution < -0.4 is 4.74 Å². The van der Waals surface area contributed by atoms with Gasteiger partial charge in [0.25, 0.3) is 0 Å². The van der Waals surface area contributed by atoms with Gasteiger partial charge in [-0.05, 0) is 6.07 Å². The zero-order chi connectivity index (χ0) is 10.8. The lowest BCUT2D eigenvalue weighted by Crippen LogP contribution is -2.18. The highest BCUT2D eigenvalue weighted by Crippen LogP contribution is 2.29. The van der Waals surface area contributed by atoms with Crippen molar-refractivity contribution in [3.63, 3.8) is 0 Å². The Bertz CT molecular complexity index is 329. The quantitative estimate of drug-likeness (QED) is 0.746. The highest BCUT2D eigenvalue weighted by atomic mass is 35.5. The topological polar surface area (TPSA) is 22.1 Å². The molecule has 0 spiro atoms. The van der Waals surface area contributed by atoms with Crippen LogP contribution in [-0.4, -0.2) is 11.3 Å². The van der Waals surface area contributed by atoms with Gasteiger partial charge in [0.05, 0.1) is 10.9 Å². The van der Waals surface area contributed by atoms with Crippen LogP contribution in [0.3, 0.4) is 0 Å². The van der Waals surface area contributed by atoms with Crippen molar-refractivity contribution in [3.8, 4) is 5.88 Å². The van der Waals surface area contributed by atoms with Gasteiger partial charge in [-0.15, -0.1) is 24.8 Å². The van der Waals surface area contributed by atoms with Gasteiger partial charge in [-0.1, -0.05) is 11.6 Å². The summed E-state index contributed by atoms with van der Waals surface area (Å²) in [4.78, 5) is 3.38. The number of alkyl halides is 4. The van der Waals surface area contributed by atoms with Crippen molar-refractivity contribution in [2.45, 2.75) is 12.2 Å². The fourth-order valence-electron chi connectivity index (χ4n) is 0.770. The second-order valence-corrected chi connectivity index (χ2v) is 2.93. The Morgan fingerprint density at radius 2 is 2.07 bits per heavy atom. The summed E-state index contributed by atoms with van der Waals surface area (Å²) in [6, 6.07) is 1.34. The molecule has 0 aliphatic carbocycles. The summed E-state index contributed by atoms with van der Waals surface area (Å²) < 4.78 is 39.1. The SMILES string of the molecule is FC(F)(F)Oc1nccc(Cl)c1CCl. The summed E-state index contributed by atoms with van der Waals surface area (Å²) >= 11 is 11.0. The molecule has 0 unspecified atom stereocenters. The molecule has 1 aromatic rings. The van der Waals surface area contributed by atoms with Crippen molar-refractivity contribution in [2.24, 2.45) is 0 Å². The number of hydrogen-bond acceptors (Lipinski definition) is 2. The number of aromatic nitrogens is 1. The first-order valence-corrected chi connectivity index (χ1v) is 4.30. The number of nitrogens with zero attached hydrogens (tertiary/aromatic N) is 1. The van der Waals surface area contributed by atoms with E-state index in [1.165, 1.54) is 6.07 Å². The molecule has 7 heteroatoms. The molecule has 0 saturated heterocycles. The molecule has 14 heavy (non-hydrogen) atoms. The van der Waals surface area contributed by atoms with Crippen molar-refractivity contribution in [3.05, 3.63) is 22.8 Å². The second-order valence-electron chi connectivity index (χ2n) is 2.26. The number of ether oxygens (including phenoxy) is 1. The molecule has 2 nitrogen and oxygen atoms in total. The van der Waals surface area contributed by atoms with Crippen LogP contribution in [0.25, 0.3) is 0 Å². The van der Waals surface area contributed by atoms with E-state index in [2.05, 4.69) is 9.72 Å². The lowest BCUT2D eigenvalue weighted by atomic mass is 10.3. The Labute approximate surface area is 87.6 Å². The molecule has 78 valence electrons. The molecule has 0 N–H and O–H groups in total. The summed E-state index contributed by atoms with van der Waals surface area (Å²) in [6.07, 6.45) is -3.68. The number of hydrogen-bond donors (Lipinski definition) is 0. The third kappa shape index (κ3) is 2.92. The van der Waals surface area contributed by atoms with E-state index in [4.69, 9.17) is 23.2 Å². The van der Waals surface area contributed by atoms with Gasteiger partial charge in [-0.2, -0.15) is 0 Å². The van der Waals surface area contributed by atoms with Crippen LogP contribution in [0.5, 0.6) is 5.88 Å². The number of pyridine rings is 1. The van der Waals surface area contributed by atoms with Gasteiger partial charge < -0.3 is 4.74 Å². The molecule has 0 amide bonds. The van der Waals surface area contributed by atoms with E-state index in [1.54, 1.807) is 0 Å². The van der Waals surface area contributed by atoms with Crippen LogP contribution in [0.1, 0.15) is 5.56 Å². The van der Waals surface area contributed by atoms with E-state index >= 15 is 0 Å². The smallest absolute Gasteiger partial charge is 0.387 e. The predicted octanol–water partition coefficient (Wildman–Crippen LogP) is 3.37. The maximum Gasteiger partial charge on any atom is 0.574 e. The number of rotatable bonds is 2. The van der Waals surface area contributed by atoms with E-state index in [9.17, 15) is 13.2 Å². The minimum absolute atomic E-state index is 0.0214. The Hall–Kier alpha value is -0.680. The van der Waals surface area contributed by atoms with Crippen molar-refractivity contribution in [1.29, 1.82) is 0 Å². The van der Waals surface area contributed by atoms with E-state index < -0.39 is 12.2 Å². The van der Waals surface area contributed by atoms with Crippen LogP contribution >= 0.6 is 23.2 Å². The zero-order valence-corrected chi connectivity index (χ0v) is 8.12. The molecule has 0 aliphatic heterocycles. The average Bonchev–Trinajstić information content (AvgIpc) is 2.01. The van der Waals surface area contributed by atoms with E-state index in [0.29, 0.717) is 0 Å². The minimum atomic E-state index is -4.79. The zero-order valence-electron chi connectivity index (χ0n) is 6.61. The Morgan fingerprint density at radius 3 is 2.57 bits per heavy atom. The lowest BCUT2D eigenvalue weighted by Gasteiger charge is -2.11. The monoisotopic (exact) mass is 245 g/mol. The van der Waals surface area contributed by atoms with E-state index in [1.807, 2.05) is 0 Å². The predicted molar refractivity (Wildman–Crippen MR) is 45.5 cm³/mol. The number of halogens is 5. The van der Waals surface area contributed by atoms with Crippen LogP contribution in [0.2, 0.25) is 5.02 Å². The summed E-state index contributed by atoms with van der Waals surface area (Å²) in [7, 11) is 0. The van der Waals surface area contributed by atoms with Gasteiger partial charge in [0.1, 0.15) is 0 Å². The van der Waals surface area contributed by atoms with Crippen LogP contribution in [0.4, 0.5) is 13.2 Å². The van der Waals surface area contributed by atoms with Gasteiger partial charge >= 0.3 is 6.36 Å². The molecule has 1 heterocycles. The van der Waals surface area contributed by atoms with Gasteiger partial charge in [0, 0.05) is 11.8 Å². The molecule has 0 saturated carbocycles. The first kappa shape index (κ1) is 11.4. The fourth-order valence-corrected chi connectivity index (χ4v) is 1.30. The van der Waals surface area contributed by atoms with Crippen molar-refractivity contribution in [2.75, 3.05) is 0 Å². The van der Waals surface area contributed by atoms with Crippen molar-refractivity contribution >= 4 is 23.2 Å². The third-order valence-electron chi connectivity index (χ3n) is 1.31. The molecule has 0 radical (unpaired) electrons. The largest absolute Gasteiger partial charge is 0.574 e. The van der Waals surface area contributed by atoms with Gasteiger partial charge in [-0.3, -0.25) is 0 Å². The van der Waals surface area contributed by atoms with E-state index in [-0.39, 0.29) is 16.5 Å². The maximum atomic E-state index is 11.8. The molecular weight excluding hydrogens is 242 g/mol. The molecule has 0 atom stereocenters. The fraction of sp³-hybridized carbons (Fsp3) is 0.286. The van der Waals surface area contributed by atoms with Crippen LogP contribution in [0, 0.1) is 0 Å². The summed E-state index contributed by atoms with van der Waals surface area (Å²) in [5.74, 6) is -0.807. The van der Waals surface area contributed by atoms with Crippen molar-refractivity contribution in [1.82, 2.24) is 4.98 Å². The average molecular weight is 246 g/mol. The molecule has 0 bridgehead atoms. The molecule has 0 aliphatic rings. The van der Waals surface area contributed by atoms with Crippen LogP contribution in [-0.2, 0) is 5.88 Å². The minimum Gasteiger partial charge on any atom is -0.387 e. The molecule has 0 aromatic carbocycles. The first-order chi connectivity index (χ1) is 6.44.